The van der Waals surface area contributed by atoms with Crippen LogP contribution in [0.1, 0.15) is 16.8 Å². The highest BCUT2D eigenvalue weighted by molar-refractivity contribution is 8.00. The van der Waals surface area contributed by atoms with E-state index in [1.807, 2.05) is 0 Å². The second-order valence-electron chi connectivity index (χ2n) is 8.07. The van der Waals surface area contributed by atoms with E-state index >= 15 is 0 Å². The van der Waals surface area contributed by atoms with Crippen molar-refractivity contribution in [1.29, 1.82) is 0 Å². The van der Waals surface area contributed by atoms with Gasteiger partial charge in [0.1, 0.15) is 5.82 Å². The van der Waals surface area contributed by atoms with Crippen LogP contribution < -0.4 is 14.3 Å². The zero-order valence-corrected chi connectivity index (χ0v) is 21.3. The lowest BCUT2D eigenvalue weighted by Crippen LogP contribution is -2.26. The smallest absolute Gasteiger partial charge is 0.324 e. The minimum absolute atomic E-state index is 0.0904. The predicted molar refractivity (Wildman–Crippen MR) is 136 cm³/mol. The number of aromatic nitrogens is 3. The van der Waals surface area contributed by atoms with Crippen LogP contribution in [0.3, 0.4) is 0 Å². The summed E-state index contributed by atoms with van der Waals surface area (Å²) in [6.07, 6.45) is 0.00460. The summed E-state index contributed by atoms with van der Waals surface area (Å²) in [6.45, 7) is 0. The van der Waals surface area contributed by atoms with Crippen molar-refractivity contribution in [2.45, 2.75) is 19.0 Å². The third-order valence-corrected chi connectivity index (χ3v) is 6.91. The van der Waals surface area contributed by atoms with Gasteiger partial charge in [0.2, 0.25) is 16.0 Å². The topological polar surface area (TPSA) is 117 Å². The Hall–Kier alpha value is -3.39. The summed E-state index contributed by atoms with van der Waals surface area (Å²) in [6, 6.07) is 9.47. The summed E-state index contributed by atoms with van der Waals surface area (Å²) in [5.74, 6) is 3.90. The molecule has 1 aromatic carbocycles. The molecule has 3 aromatic rings. The molecule has 14 heteroatoms. The van der Waals surface area contributed by atoms with Crippen molar-refractivity contribution < 1.29 is 25.8 Å². The minimum Gasteiger partial charge on any atom is -0.324 e. The van der Waals surface area contributed by atoms with Gasteiger partial charge in [-0.2, -0.15) is 13.2 Å². The van der Waals surface area contributed by atoms with Crippen molar-refractivity contribution in [2.24, 2.45) is 0 Å². The first-order chi connectivity index (χ1) is 16.6. The van der Waals surface area contributed by atoms with Crippen molar-refractivity contribution in [2.75, 3.05) is 33.9 Å². The van der Waals surface area contributed by atoms with Gasteiger partial charge in [-0.1, -0.05) is 12.1 Å². The monoisotopic (exact) mass is 542 g/mol. The molecule has 0 aliphatic heterocycles. The fourth-order valence-electron chi connectivity index (χ4n) is 3.25. The summed E-state index contributed by atoms with van der Waals surface area (Å²) in [5, 5.41) is 2.81. The second-order valence-corrected chi connectivity index (χ2v) is 12.3. The van der Waals surface area contributed by atoms with Crippen molar-refractivity contribution in [3.63, 3.8) is 0 Å². The molecule has 0 bridgehead atoms. The highest BCUT2D eigenvalue weighted by Crippen LogP contribution is 2.32. The fourth-order valence-corrected chi connectivity index (χ4v) is 4.34. The summed E-state index contributed by atoms with van der Waals surface area (Å²) in [7, 11) is -4.59. The van der Waals surface area contributed by atoms with E-state index in [2.05, 4.69) is 30.9 Å². The highest BCUT2D eigenvalue weighted by Gasteiger charge is 2.35. The molecule has 0 radical (unpaired) electrons. The Labute approximate surface area is 208 Å². The second kappa shape index (κ2) is 10.3. The molecule has 1 atom stereocenters. The Morgan fingerprint density at radius 2 is 1.72 bits per heavy atom. The molecule has 2 heterocycles. The normalized spacial score (nSPS) is 13.6. The number of nitrogens with zero attached hydrogens (tertiary/aromatic N) is 4. The first kappa shape index (κ1) is 27.2. The first-order valence-electron chi connectivity index (χ1n) is 10.4. The number of benzene rings is 1. The number of alkyl halides is 3. The van der Waals surface area contributed by atoms with Gasteiger partial charge in [0, 0.05) is 41.1 Å². The van der Waals surface area contributed by atoms with Crippen molar-refractivity contribution in [1.82, 2.24) is 15.0 Å². The van der Waals surface area contributed by atoms with Gasteiger partial charge < -0.3 is 5.32 Å². The van der Waals surface area contributed by atoms with Gasteiger partial charge in [0.25, 0.3) is 0 Å². The molecule has 2 aromatic heterocycles. The number of halogens is 3. The van der Waals surface area contributed by atoms with Crippen molar-refractivity contribution >= 4 is 48.7 Å². The lowest BCUT2D eigenvalue weighted by molar-refractivity contribution is -0.138. The van der Waals surface area contributed by atoms with Crippen LogP contribution >= 0.6 is 0 Å². The number of hydrogen-bond donors (Lipinski definition) is 2. The molecule has 0 aliphatic rings. The van der Waals surface area contributed by atoms with Gasteiger partial charge >= 0.3 is 6.18 Å². The van der Waals surface area contributed by atoms with E-state index in [-0.39, 0.29) is 30.2 Å². The molecule has 194 valence electrons. The molecule has 2 N–H and O–H groups in total. The van der Waals surface area contributed by atoms with E-state index in [1.54, 1.807) is 31.3 Å². The Bertz CT molecular complexity index is 1460. The van der Waals surface area contributed by atoms with Gasteiger partial charge in [-0.05, 0) is 48.5 Å². The van der Waals surface area contributed by atoms with Crippen LogP contribution in [0.2, 0.25) is 0 Å². The number of nitrogens with one attached hydrogen (secondary N) is 2. The van der Waals surface area contributed by atoms with E-state index in [0.29, 0.717) is 23.3 Å². The average molecular weight is 543 g/mol. The maximum atomic E-state index is 13.7. The Kier molecular flexibility index (Phi) is 7.79. The molecule has 0 fully saturated rings. The number of pyridine rings is 1. The Morgan fingerprint density at radius 3 is 2.36 bits per heavy atom. The molecule has 3 rings (SSSR count). The highest BCUT2D eigenvalue weighted by atomic mass is 32.2. The van der Waals surface area contributed by atoms with E-state index in [4.69, 9.17) is 0 Å². The van der Waals surface area contributed by atoms with Crippen LogP contribution in [0.15, 0.2) is 48.8 Å². The number of aryl methyl sites for hydroxylation is 2. The first-order valence-corrected chi connectivity index (χ1v) is 14.4. The van der Waals surface area contributed by atoms with Gasteiger partial charge in [-0.15, -0.1) is 0 Å². The van der Waals surface area contributed by atoms with Crippen LogP contribution in [-0.2, 0) is 38.7 Å². The maximum absolute atomic E-state index is 13.7. The third kappa shape index (κ3) is 7.31. The van der Waals surface area contributed by atoms with Crippen molar-refractivity contribution in [3.05, 3.63) is 65.6 Å². The molecule has 0 spiro atoms. The number of anilines is 4. The standard InChI is InChI=1S/C22H25F3N6O3S2/c1-31(35(2,3)32)20-15(7-6-12-26-20)10-11-19-18(22(23,24)25)14-27-21(29-19)28-16-8-5-9-17(13-16)30-36(4,33)34/h5-9,12-14,30H,2,10-11H2,1,3-4H3,(H,27,28,29). The summed E-state index contributed by atoms with van der Waals surface area (Å²) in [4.78, 5) is 12.1. The lowest BCUT2D eigenvalue weighted by Gasteiger charge is -2.22. The van der Waals surface area contributed by atoms with Gasteiger partial charge in [-0.25, -0.2) is 27.6 Å². The zero-order chi connectivity index (χ0) is 26.7. The summed E-state index contributed by atoms with van der Waals surface area (Å²) in [5.41, 5.74) is 0.00370. The van der Waals surface area contributed by atoms with Crippen LogP contribution in [0.5, 0.6) is 0 Å². The quantitative estimate of drug-likeness (QED) is 0.398. The van der Waals surface area contributed by atoms with Gasteiger partial charge in [-0.3, -0.25) is 9.03 Å². The minimum atomic E-state index is -4.67. The number of sulfonamides is 1. The molecular weight excluding hydrogens is 517 g/mol. The van der Waals surface area contributed by atoms with Crippen molar-refractivity contribution in [3.8, 4) is 0 Å². The van der Waals surface area contributed by atoms with Crippen LogP contribution in [0, 0.1) is 0 Å². The molecule has 1 unspecified atom stereocenters. The molecule has 9 nitrogen and oxygen atoms in total. The fraction of sp³-hybridized carbons (Fsp3) is 0.273. The van der Waals surface area contributed by atoms with Crippen LogP contribution in [-0.4, -0.2) is 53.0 Å². The summed E-state index contributed by atoms with van der Waals surface area (Å²) >= 11 is 0. The molecule has 36 heavy (non-hydrogen) atoms. The van der Waals surface area contributed by atoms with Crippen LogP contribution in [0.25, 0.3) is 0 Å². The van der Waals surface area contributed by atoms with Gasteiger partial charge in [0.05, 0.1) is 23.2 Å². The average Bonchev–Trinajstić information content (AvgIpc) is 2.75. The largest absolute Gasteiger partial charge is 0.419 e. The van der Waals surface area contributed by atoms with E-state index in [0.717, 1.165) is 6.26 Å². The molecule has 0 amide bonds. The molecule has 0 saturated carbocycles. The molecule has 0 aliphatic carbocycles. The third-order valence-electron chi connectivity index (χ3n) is 4.97. The number of rotatable bonds is 9. The molecule has 0 saturated heterocycles. The Morgan fingerprint density at radius 1 is 1.03 bits per heavy atom. The van der Waals surface area contributed by atoms with Crippen LogP contribution in [0.4, 0.5) is 36.3 Å². The Balaban J connectivity index is 1.90. The zero-order valence-electron chi connectivity index (χ0n) is 19.7. The van der Waals surface area contributed by atoms with Gasteiger partial charge in [0.15, 0.2) is 0 Å². The van der Waals surface area contributed by atoms with E-state index < -0.39 is 31.5 Å². The predicted octanol–water partition coefficient (Wildman–Crippen LogP) is 3.49. The SMILES string of the molecule is C=S(C)(=O)N(C)c1ncccc1CCc1nc(Nc2cccc(NS(C)(=O)=O)c2)ncc1C(F)(F)F. The lowest BCUT2D eigenvalue weighted by atomic mass is 10.1. The molecular formula is C22H25F3N6O3S2. The van der Waals surface area contributed by atoms with E-state index in [9.17, 15) is 25.8 Å². The summed E-state index contributed by atoms with van der Waals surface area (Å²) < 4.78 is 80.1. The maximum Gasteiger partial charge on any atom is 0.419 e. The van der Waals surface area contributed by atoms with E-state index in [1.165, 1.54) is 28.9 Å². The number of hydrogen-bond acceptors (Lipinski definition) is 7.